The molecule has 0 N–H and O–H groups in total. The van der Waals surface area contributed by atoms with Crippen LogP contribution in [-0.4, -0.2) is 39.2 Å². The third kappa shape index (κ3) is 4.80. The van der Waals surface area contributed by atoms with E-state index >= 15 is 0 Å². The average Bonchev–Trinajstić information content (AvgIpc) is 3.01. The fraction of sp³-hybridized carbons (Fsp3) is 0.409. The monoisotopic (exact) mass is 379 g/mol. The second-order valence-corrected chi connectivity index (χ2v) is 7.72. The van der Waals surface area contributed by atoms with Crippen LogP contribution in [0.25, 0.3) is 0 Å². The number of hydrogen-bond donors (Lipinski definition) is 0. The van der Waals surface area contributed by atoms with Crippen molar-refractivity contribution in [2.45, 2.75) is 52.3 Å². The second kappa shape index (κ2) is 8.30. The van der Waals surface area contributed by atoms with Crippen LogP contribution in [-0.2, 0) is 24.2 Å². The lowest BCUT2D eigenvalue weighted by Gasteiger charge is -2.29. The number of aldehydes is 1. The Morgan fingerprint density at radius 1 is 1.29 bits per heavy atom. The van der Waals surface area contributed by atoms with Gasteiger partial charge in [0.15, 0.2) is 6.29 Å². The van der Waals surface area contributed by atoms with Crippen molar-refractivity contribution in [1.82, 2.24) is 14.7 Å². The van der Waals surface area contributed by atoms with Crippen molar-refractivity contribution in [3.8, 4) is 11.8 Å². The summed E-state index contributed by atoms with van der Waals surface area (Å²) in [4.78, 5) is 25.7. The van der Waals surface area contributed by atoms with Crippen LogP contribution in [0.3, 0.4) is 0 Å². The van der Waals surface area contributed by atoms with Crippen LogP contribution in [0.5, 0.6) is 0 Å². The minimum absolute atomic E-state index is 0.341. The van der Waals surface area contributed by atoms with Gasteiger partial charge in [0.2, 0.25) is 0 Å². The molecular weight excluding hydrogens is 354 g/mol. The molecule has 1 amide bonds. The van der Waals surface area contributed by atoms with Gasteiger partial charge in [0.25, 0.3) is 0 Å². The van der Waals surface area contributed by atoms with Crippen LogP contribution in [0, 0.1) is 11.8 Å². The van der Waals surface area contributed by atoms with Gasteiger partial charge >= 0.3 is 6.09 Å². The molecule has 0 saturated carbocycles. The first-order chi connectivity index (χ1) is 13.4. The Bertz CT molecular complexity index is 914. The molecule has 1 aliphatic heterocycles. The molecule has 2 aromatic rings. The Morgan fingerprint density at radius 3 is 2.71 bits per heavy atom. The zero-order valence-electron chi connectivity index (χ0n) is 16.6. The van der Waals surface area contributed by atoms with E-state index in [-0.39, 0.29) is 6.09 Å². The van der Waals surface area contributed by atoms with Gasteiger partial charge in [0.1, 0.15) is 11.3 Å². The number of carbonyl (C=O) groups is 2. The van der Waals surface area contributed by atoms with Crippen LogP contribution < -0.4 is 0 Å². The van der Waals surface area contributed by atoms with Crippen LogP contribution in [0.2, 0.25) is 0 Å². The largest absolute Gasteiger partial charge is 0.444 e. The zero-order chi connectivity index (χ0) is 20.1. The molecule has 0 saturated heterocycles. The number of amides is 1. The molecule has 28 heavy (non-hydrogen) atoms. The number of nitrogens with zero attached hydrogens (tertiary/aromatic N) is 3. The van der Waals surface area contributed by atoms with Crippen molar-refractivity contribution in [3.63, 3.8) is 0 Å². The van der Waals surface area contributed by atoms with E-state index in [0.717, 1.165) is 23.1 Å². The summed E-state index contributed by atoms with van der Waals surface area (Å²) in [5, 5.41) is 4.57. The summed E-state index contributed by atoms with van der Waals surface area (Å²) in [5.74, 6) is 6.23. The molecule has 2 heterocycles. The molecule has 1 aromatic carbocycles. The Hall–Kier alpha value is -3.07. The number of benzene rings is 1. The van der Waals surface area contributed by atoms with E-state index in [9.17, 15) is 9.59 Å². The summed E-state index contributed by atoms with van der Waals surface area (Å²) >= 11 is 0. The van der Waals surface area contributed by atoms with Gasteiger partial charge in [-0.2, -0.15) is 5.10 Å². The highest BCUT2D eigenvalue weighted by Crippen LogP contribution is 2.23. The molecule has 0 unspecified atom stereocenters. The normalized spacial score (nSPS) is 13.3. The number of ether oxygens (including phenoxy) is 1. The molecule has 0 fully saturated rings. The topological polar surface area (TPSA) is 64.4 Å². The highest BCUT2D eigenvalue weighted by atomic mass is 16.6. The third-order valence-corrected chi connectivity index (χ3v) is 4.36. The predicted octanol–water partition coefficient (Wildman–Crippen LogP) is 3.43. The smallest absolute Gasteiger partial charge is 0.410 e. The molecule has 1 aromatic heterocycles. The molecule has 0 radical (unpaired) electrons. The highest BCUT2D eigenvalue weighted by Gasteiger charge is 2.29. The predicted molar refractivity (Wildman–Crippen MR) is 106 cm³/mol. The molecular formula is C22H25N3O3. The van der Waals surface area contributed by atoms with Crippen molar-refractivity contribution >= 4 is 12.4 Å². The molecule has 0 spiro atoms. The van der Waals surface area contributed by atoms with Gasteiger partial charge in [-0.3, -0.25) is 9.48 Å². The van der Waals surface area contributed by atoms with E-state index in [1.807, 2.05) is 51.1 Å². The fourth-order valence-electron chi connectivity index (χ4n) is 3.08. The molecule has 0 atom stereocenters. The molecule has 146 valence electrons. The highest BCUT2D eigenvalue weighted by molar-refractivity contribution is 5.76. The summed E-state index contributed by atoms with van der Waals surface area (Å²) in [6, 6.07) is 9.78. The fourth-order valence-corrected chi connectivity index (χ4v) is 3.08. The van der Waals surface area contributed by atoms with E-state index < -0.39 is 5.60 Å². The summed E-state index contributed by atoms with van der Waals surface area (Å²) in [6.45, 7) is 6.93. The molecule has 6 nitrogen and oxygen atoms in total. The number of carbonyl (C=O) groups excluding carboxylic acids is 2. The molecule has 1 aliphatic rings. The molecule has 3 rings (SSSR count). The lowest BCUT2D eigenvalue weighted by atomic mass is 10.1. The van der Waals surface area contributed by atoms with Crippen molar-refractivity contribution in [1.29, 1.82) is 0 Å². The SMILES string of the molecule is CC(C)(C)OC(=O)N1CCc2nn(CCC#Cc3ccccc3)c(C=O)c2C1. The maximum Gasteiger partial charge on any atom is 0.410 e. The number of fused-ring (bicyclic) bond motifs is 1. The zero-order valence-corrected chi connectivity index (χ0v) is 16.6. The van der Waals surface area contributed by atoms with E-state index in [2.05, 4.69) is 16.9 Å². The summed E-state index contributed by atoms with van der Waals surface area (Å²) in [6.07, 6.45) is 1.65. The van der Waals surface area contributed by atoms with Gasteiger partial charge in [-0.25, -0.2) is 4.79 Å². The van der Waals surface area contributed by atoms with Crippen LogP contribution in [0.15, 0.2) is 30.3 Å². The maximum atomic E-state index is 12.3. The van der Waals surface area contributed by atoms with Crippen molar-refractivity contribution in [2.24, 2.45) is 0 Å². The summed E-state index contributed by atoms with van der Waals surface area (Å²) in [5.41, 5.74) is 2.61. The van der Waals surface area contributed by atoms with E-state index in [1.54, 1.807) is 9.58 Å². The van der Waals surface area contributed by atoms with Crippen molar-refractivity contribution in [2.75, 3.05) is 6.54 Å². The average molecular weight is 379 g/mol. The number of rotatable bonds is 3. The van der Waals surface area contributed by atoms with Crippen LogP contribution in [0.1, 0.15) is 54.5 Å². The lowest BCUT2D eigenvalue weighted by Crippen LogP contribution is -2.40. The molecule has 0 bridgehead atoms. The van der Waals surface area contributed by atoms with E-state index in [4.69, 9.17) is 4.74 Å². The molecule has 6 heteroatoms. The maximum absolute atomic E-state index is 12.3. The summed E-state index contributed by atoms with van der Waals surface area (Å²) in [7, 11) is 0. The Balaban J connectivity index is 1.69. The van der Waals surface area contributed by atoms with Gasteiger partial charge in [-0.05, 0) is 32.9 Å². The minimum atomic E-state index is -0.549. The quantitative estimate of drug-likeness (QED) is 0.605. The third-order valence-electron chi connectivity index (χ3n) is 4.36. The lowest BCUT2D eigenvalue weighted by molar-refractivity contribution is 0.0223. The van der Waals surface area contributed by atoms with Gasteiger partial charge < -0.3 is 9.64 Å². The van der Waals surface area contributed by atoms with E-state index in [0.29, 0.717) is 38.2 Å². The van der Waals surface area contributed by atoms with Gasteiger partial charge in [-0.15, -0.1) is 0 Å². The van der Waals surface area contributed by atoms with Gasteiger partial charge in [0.05, 0.1) is 18.8 Å². The van der Waals surface area contributed by atoms with E-state index in [1.165, 1.54) is 0 Å². The number of aryl methyl sites for hydroxylation is 1. The minimum Gasteiger partial charge on any atom is -0.444 e. The first-order valence-corrected chi connectivity index (χ1v) is 9.43. The number of aromatic nitrogens is 2. The van der Waals surface area contributed by atoms with Gasteiger partial charge in [0, 0.05) is 30.5 Å². The molecule has 0 aliphatic carbocycles. The Labute approximate surface area is 165 Å². The Kier molecular flexibility index (Phi) is 5.84. The first kappa shape index (κ1) is 19.7. The van der Waals surface area contributed by atoms with Crippen molar-refractivity contribution in [3.05, 3.63) is 52.8 Å². The summed E-state index contributed by atoms with van der Waals surface area (Å²) < 4.78 is 7.15. The van der Waals surface area contributed by atoms with Crippen molar-refractivity contribution < 1.29 is 14.3 Å². The van der Waals surface area contributed by atoms with Gasteiger partial charge in [-0.1, -0.05) is 30.0 Å². The van der Waals surface area contributed by atoms with Crippen LogP contribution >= 0.6 is 0 Å². The number of hydrogen-bond acceptors (Lipinski definition) is 4. The first-order valence-electron chi connectivity index (χ1n) is 9.43. The second-order valence-electron chi connectivity index (χ2n) is 7.72. The van der Waals surface area contributed by atoms with Crippen LogP contribution in [0.4, 0.5) is 4.79 Å². The standard InChI is InChI=1S/C22H25N3O3/c1-22(2,3)28-21(27)24-14-12-19-18(15-24)20(16-26)25(23-19)13-8-7-11-17-9-5-4-6-10-17/h4-6,9-10,16H,8,12-15H2,1-3H3. The Morgan fingerprint density at radius 2 is 2.04 bits per heavy atom.